The summed E-state index contributed by atoms with van der Waals surface area (Å²) < 4.78 is 4.67. The molecule has 0 unspecified atom stereocenters. The molecule has 0 saturated heterocycles. The molecule has 10 rings (SSSR count). The van der Waals surface area contributed by atoms with E-state index < -0.39 is 0 Å². The zero-order chi connectivity index (χ0) is 28.8. The molecule has 0 amide bonds. The molecule has 4 aromatic heterocycles. The molecule has 0 radical (unpaired) electrons. The molecule has 0 N–H and O–H groups in total. The maximum atomic E-state index is 5.15. The second-order valence-electron chi connectivity index (χ2n) is 11.3. The highest BCUT2D eigenvalue weighted by Crippen LogP contribution is 2.46. The van der Waals surface area contributed by atoms with Crippen molar-refractivity contribution in [2.24, 2.45) is 0 Å². The van der Waals surface area contributed by atoms with Gasteiger partial charge in [-0.25, -0.2) is 4.98 Å². The zero-order valence-corrected chi connectivity index (χ0v) is 23.5. The molecule has 0 atom stereocenters. The van der Waals surface area contributed by atoms with Gasteiger partial charge in [-0.1, -0.05) is 115 Å². The third kappa shape index (κ3) is 3.10. The Kier molecular flexibility index (Phi) is 4.66. The van der Waals surface area contributed by atoms with Crippen molar-refractivity contribution in [1.29, 1.82) is 0 Å². The van der Waals surface area contributed by atoms with Gasteiger partial charge in [0.1, 0.15) is 0 Å². The SMILES string of the molecule is c1ccc(-c2nc(-c3ccccc3)nc(-n3c4ccccc4c4c5c6ccccc6n6c7ccccc7c(cc43)c56)n2)cc1. The highest BCUT2D eigenvalue weighted by atomic mass is 15.2. The van der Waals surface area contributed by atoms with Gasteiger partial charge in [-0.3, -0.25) is 4.57 Å². The first kappa shape index (κ1) is 23.5. The summed E-state index contributed by atoms with van der Waals surface area (Å²) in [6.45, 7) is 0. The third-order valence-electron chi connectivity index (χ3n) is 8.89. The van der Waals surface area contributed by atoms with Gasteiger partial charge in [-0.05, 0) is 24.3 Å². The normalized spacial score (nSPS) is 12.1. The van der Waals surface area contributed by atoms with Crippen molar-refractivity contribution in [3.63, 3.8) is 0 Å². The number of aromatic nitrogens is 5. The quantitative estimate of drug-likeness (QED) is 0.216. The summed E-state index contributed by atoms with van der Waals surface area (Å²) in [6.07, 6.45) is 0. The van der Waals surface area contributed by atoms with Crippen LogP contribution in [0, 0.1) is 0 Å². The highest BCUT2D eigenvalue weighted by Gasteiger charge is 2.25. The molecule has 204 valence electrons. The highest BCUT2D eigenvalue weighted by molar-refractivity contribution is 6.35. The summed E-state index contributed by atoms with van der Waals surface area (Å²) >= 11 is 0. The van der Waals surface area contributed by atoms with Gasteiger partial charge < -0.3 is 4.40 Å². The number of rotatable bonds is 3. The molecule has 44 heavy (non-hydrogen) atoms. The van der Waals surface area contributed by atoms with Gasteiger partial charge in [0.15, 0.2) is 11.6 Å². The fourth-order valence-electron chi connectivity index (χ4n) is 7.08. The third-order valence-corrected chi connectivity index (χ3v) is 8.89. The van der Waals surface area contributed by atoms with Gasteiger partial charge in [-0.15, -0.1) is 0 Å². The van der Waals surface area contributed by atoms with Crippen molar-refractivity contribution in [2.45, 2.75) is 0 Å². The number of para-hydroxylation sites is 3. The molecule has 0 aliphatic heterocycles. The molecule has 6 aromatic carbocycles. The molecule has 10 aromatic rings. The Morgan fingerprint density at radius 1 is 0.386 bits per heavy atom. The van der Waals surface area contributed by atoms with E-state index in [0.29, 0.717) is 17.6 Å². The van der Waals surface area contributed by atoms with Crippen molar-refractivity contribution in [1.82, 2.24) is 23.9 Å². The van der Waals surface area contributed by atoms with Crippen molar-refractivity contribution in [2.75, 3.05) is 0 Å². The van der Waals surface area contributed by atoms with Gasteiger partial charge >= 0.3 is 0 Å². The molecule has 0 saturated carbocycles. The molecule has 0 aliphatic carbocycles. The minimum atomic E-state index is 0.602. The van der Waals surface area contributed by atoms with E-state index in [1.165, 1.54) is 48.9 Å². The molecular weight excluding hydrogens is 538 g/mol. The maximum Gasteiger partial charge on any atom is 0.238 e. The first-order chi connectivity index (χ1) is 21.8. The van der Waals surface area contributed by atoms with E-state index in [1.807, 2.05) is 36.4 Å². The van der Waals surface area contributed by atoms with Crippen molar-refractivity contribution >= 4 is 59.9 Å². The van der Waals surface area contributed by atoms with Crippen LogP contribution in [-0.2, 0) is 0 Å². The molecule has 5 heteroatoms. The fraction of sp³-hybridized carbons (Fsp3) is 0. The van der Waals surface area contributed by atoms with Crippen LogP contribution >= 0.6 is 0 Å². The summed E-state index contributed by atoms with van der Waals surface area (Å²) in [7, 11) is 0. The number of nitrogens with zero attached hydrogens (tertiary/aromatic N) is 5. The van der Waals surface area contributed by atoms with Crippen molar-refractivity contribution in [3.05, 3.63) is 140 Å². The second-order valence-corrected chi connectivity index (χ2v) is 11.3. The Morgan fingerprint density at radius 3 is 1.52 bits per heavy atom. The van der Waals surface area contributed by atoms with E-state index in [9.17, 15) is 0 Å². The number of benzene rings is 6. The molecule has 5 nitrogen and oxygen atoms in total. The number of hydrogen-bond acceptors (Lipinski definition) is 3. The molecule has 4 heterocycles. The predicted molar refractivity (Wildman–Crippen MR) is 180 cm³/mol. The van der Waals surface area contributed by atoms with Crippen LogP contribution in [0.3, 0.4) is 0 Å². The second kappa shape index (κ2) is 8.72. The first-order valence-corrected chi connectivity index (χ1v) is 14.8. The largest absolute Gasteiger partial charge is 0.308 e. The van der Waals surface area contributed by atoms with Gasteiger partial charge in [-0.2, -0.15) is 9.97 Å². The Morgan fingerprint density at radius 2 is 0.886 bits per heavy atom. The van der Waals surface area contributed by atoms with Gasteiger partial charge in [0.2, 0.25) is 5.95 Å². The van der Waals surface area contributed by atoms with Crippen LogP contribution in [0.5, 0.6) is 0 Å². The van der Waals surface area contributed by atoms with Crippen LogP contribution in [0.25, 0.3) is 88.6 Å². The molecule has 0 bridgehead atoms. The lowest BCUT2D eigenvalue weighted by Crippen LogP contribution is -2.06. The van der Waals surface area contributed by atoms with Gasteiger partial charge in [0.05, 0.1) is 27.6 Å². The van der Waals surface area contributed by atoms with Crippen LogP contribution in [0.1, 0.15) is 0 Å². The standard InChI is InChI=1S/C39H23N5/c1-3-13-24(14-4-1)37-40-38(25-15-5-2-6-16-25)42-39(41-37)44-32-22-12-8-18-27(32)34-33(44)23-29-26-17-7-10-20-30(26)43-31-21-11-9-19-28(31)35(34)36(29)43/h1-23H. The molecular formula is C39H23N5. The summed E-state index contributed by atoms with van der Waals surface area (Å²) in [5.74, 6) is 1.89. The van der Waals surface area contributed by atoms with Crippen LogP contribution in [0.4, 0.5) is 0 Å². The lowest BCUT2D eigenvalue weighted by atomic mass is 10.0. The van der Waals surface area contributed by atoms with Crippen molar-refractivity contribution < 1.29 is 0 Å². The summed E-state index contributed by atoms with van der Waals surface area (Å²) in [5.41, 5.74) is 7.74. The average Bonchev–Trinajstić information content (AvgIpc) is 3.73. The van der Waals surface area contributed by atoms with E-state index in [4.69, 9.17) is 15.0 Å². The monoisotopic (exact) mass is 561 g/mol. The van der Waals surface area contributed by atoms with Crippen LogP contribution < -0.4 is 0 Å². The van der Waals surface area contributed by atoms with E-state index >= 15 is 0 Å². The zero-order valence-electron chi connectivity index (χ0n) is 23.5. The minimum Gasteiger partial charge on any atom is -0.308 e. The Hall–Kier alpha value is -6.07. The lowest BCUT2D eigenvalue weighted by Gasteiger charge is -2.11. The smallest absolute Gasteiger partial charge is 0.238 e. The lowest BCUT2D eigenvalue weighted by molar-refractivity contribution is 0.954. The number of fused-ring (bicyclic) bond motifs is 10. The minimum absolute atomic E-state index is 0.602. The average molecular weight is 562 g/mol. The van der Waals surface area contributed by atoms with E-state index in [-0.39, 0.29) is 0 Å². The maximum absolute atomic E-state index is 5.15. The summed E-state index contributed by atoms with van der Waals surface area (Å²) in [5, 5.41) is 7.37. The van der Waals surface area contributed by atoms with E-state index in [0.717, 1.165) is 22.2 Å². The van der Waals surface area contributed by atoms with E-state index in [1.54, 1.807) is 0 Å². The van der Waals surface area contributed by atoms with Gasteiger partial charge in [0, 0.05) is 43.4 Å². The molecule has 0 fully saturated rings. The van der Waals surface area contributed by atoms with Crippen LogP contribution in [0.15, 0.2) is 140 Å². The molecule has 0 aliphatic rings. The fourth-order valence-corrected chi connectivity index (χ4v) is 7.08. The van der Waals surface area contributed by atoms with E-state index in [2.05, 4.69) is 112 Å². The Balaban J connectivity index is 1.41. The van der Waals surface area contributed by atoms with Crippen molar-refractivity contribution in [3.8, 4) is 28.7 Å². The Bertz CT molecular complexity index is 2650. The van der Waals surface area contributed by atoms with Crippen LogP contribution in [0.2, 0.25) is 0 Å². The molecule has 0 spiro atoms. The first-order valence-electron chi connectivity index (χ1n) is 14.8. The number of hydrogen-bond donors (Lipinski definition) is 0. The van der Waals surface area contributed by atoms with Crippen LogP contribution in [-0.4, -0.2) is 23.9 Å². The topological polar surface area (TPSA) is 48.0 Å². The summed E-state index contributed by atoms with van der Waals surface area (Å²) in [4.78, 5) is 15.3. The predicted octanol–water partition coefficient (Wildman–Crippen LogP) is 9.45. The summed E-state index contributed by atoms with van der Waals surface area (Å²) in [6, 6.07) is 48.7. The Labute approximate surface area is 251 Å². The van der Waals surface area contributed by atoms with Gasteiger partial charge in [0.25, 0.3) is 0 Å².